The van der Waals surface area contributed by atoms with Crippen LogP contribution in [0.15, 0.2) is 212 Å². The molecule has 2 aliphatic rings. The summed E-state index contributed by atoms with van der Waals surface area (Å²) in [5.74, 6) is 0.571. The maximum Gasteiger partial charge on any atom is 0.415 e. The van der Waals surface area contributed by atoms with Gasteiger partial charge in [-0.2, -0.15) is 0 Å². The lowest BCUT2D eigenvalue weighted by Crippen LogP contribution is -2.57. The number of aliphatic hydroxyl groups excluding tert-OH is 3. The third kappa shape index (κ3) is 18.6. The molecule has 0 unspecified atom stereocenters. The first-order valence-corrected chi connectivity index (χ1v) is 27.9. The molecule has 0 radical (unpaired) electrons. The van der Waals surface area contributed by atoms with Crippen LogP contribution in [0.5, 0.6) is 5.75 Å². The van der Waals surface area contributed by atoms with E-state index in [1.165, 1.54) is 33.4 Å². The minimum atomic E-state index is -0.480. The number of carbonyl (C=O) groups excluding carboxylic acids is 2. The van der Waals surface area contributed by atoms with E-state index in [0.717, 1.165) is 13.1 Å². The van der Waals surface area contributed by atoms with Crippen LogP contribution in [0.3, 0.4) is 0 Å². The van der Waals surface area contributed by atoms with Crippen LogP contribution >= 0.6 is 0 Å². The van der Waals surface area contributed by atoms with Crippen LogP contribution in [0.4, 0.5) is 9.59 Å². The molecule has 2 fully saturated rings. The van der Waals surface area contributed by atoms with Gasteiger partial charge in [-0.25, -0.2) is 9.59 Å². The molecular formula is C68H86N4O11. The highest BCUT2D eigenvalue weighted by molar-refractivity contribution is 5.71. The Morgan fingerprint density at radius 3 is 0.843 bits per heavy atom. The molecule has 2 heterocycles. The number of ether oxygens (including phenoxy) is 6. The number of benzene rings is 7. The van der Waals surface area contributed by atoms with Crippen molar-refractivity contribution in [2.24, 2.45) is 0 Å². The molecule has 0 aliphatic carbocycles. The van der Waals surface area contributed by atoms with E-state index in [4.69, 9.17) is 43.7 Å². The van der Waals surface area contributed by atoms with Crippen molar-refractivity contribution in [3.63, 3.8) is 0 Å². The molecule has 15 nitrogen and oxygen atoms in total. The lowest BCUT2D eigenvalue weighted by Gasteiger charge is -2.48. The van der Waals surface area contributed by atoms with E-state index in [-0.39, 0.29) is 53.5 Å². The largest absolute Gasteiger partial charge is 0.447 e. The number of hydrogen-bond donors (Lipinski definition) is 3. The lowest BCUT2D eigenvalue weighted by molar-refractivity contribution is 0.00917. The van der Waals surface area contributed by atoms with E-state index in [0.29, 0.717) is 97.9 Å². The number of rotatable bonds is 24. The molecule has 2 saturated heterocycles. The molecule has 0 atom stereocenters. The Hall–Kier alpha value is -7.28. The number of hydrogen-bond acceptors (Lipinski definition) is 13. The van der Waals surface area contributed by atoms with Gasteiger partial charge in [-0.1, -0.05) is 215 Å². The second-order valence-electron chi connectivity index (χ2n) is 19.0. The van der Waals surface area contributed by atoms with E-state index < -0.39 is 11.1 Å². The summed E-state index contributed by atoms with van der Waals surface area (Å²) in [7, 11) is 0. The van der Waals surface area contributed by atoms with Gasteiger partial charge in [0.2, 0.25) is 0 Å². The Labute approximate surface area is 492 Å². The molecule has 0 spiro atoms. The second-order valence-corrected chi connectivity index (χ2v) is 19.0. The van der Waals surface area contributed by atoms with Gasteiger partial charge in [0.1, 0.15) is 12.4 Å². The first-order valence-electron chi connectivity index (χ1n) is 27.9. The third-order valence-electron chi connectivity index (χ3n) is 14.0. The molecule has 7 aromatic rings. The molecule has 2 aliphatic heterocycles. The smallest absolute Gasteiger partial charge is 0.415 e. The highest BCUT2D eigenvalue weighted by atomic mass is 16.6. The van der Waals surface area contributed by atoms with E-state index in [2.05, 4.69) is 174 Å². The predicted octanol–water partition coefficient (Wildman–Crippen LogP) is 9.83. The Balaban J connectivity index is 0.000000256. The lowest BCUT2D eigenvalue weighted by atomic mass is 9.75. The van der Waals surface area contributed by atoms with Crippen LogP contribution in [-0.2, 0) is 34.8 Å². The summed E-state index contributed by atoms with van der Waals surface area (Å²) in [6, 6.07) is 73.1. The molecule has 3 N–H and O–H groups in total. The molecule has 83 heavy (non-hydrogen) atoms. The maximum atomic E-state index is 12.8. The summed E-state index contributed by atoms with van der Waals surface area (Å²) in [5, 5.41) is 25.2. The normalized spacial score (nSPS) is 13.6. The number of carbonyl (C=O) groups is 2. The van der Waals surface area contributed by atoms with Crippen molar-refractivity contribution in [2.45, 2.75) is 25.9 Å². The molecule has 9 rings (SSSR count). The van der Waals surface area contributed by atoms with Crippen molar-refractivity contribution in [1.29, 1.82) is 0 Å². The van der Waals surface area contributed by atoms with Gasteiger partial charge in [0.25, 0.3) is 0 Å². The van der Waals surface area contributed by atoms with Gasteiger partial charge >= 0.3 is 12.2 Å². The van der Waals surface area contributed by atoms with Crippen LogP contribution in [0.2, 0.25) is 0 Å². The van der Waals surface area contributed by atoms with Crippen LogP contribution in [0.25, 0.3) is 0 Å². The fourth-order valence-electron chi connectivity index (χ4n) is 10.4. The molecule has 15 heteroatoms. The highest BCUT2D eigenvalue weighted by Gasteiger charge is 2.45. The summed E-state index contributed by atoms with van der Waals surface area (Å²) in [6.07, 6.45) is -0.611. The van der Waals surface area contributed by atoms with E-state index in [1.807, 2.05) is 36.4 Å². The van der Waals surface area contributed by atoms with E-state index in [9.17, 15) is 9.59 Å². The van der Waals surface area contributed by atoms with Gasteiger partial charge in [-0.3, -0.25) is 9.80 Å². The Kier molecular flexibility index (Phi) is 29.7. The maximum absolute atomic E-state index is 12.8. The van der Waals surface area contributed by atoms with Crippen LogP contribution in [0, 0.1) is 0 Å². The molecule has 0 aromatic heterocycles. The number of piperazine rings is 2. The Morgan fingerprint density at radius 2 is 0.566 bits per heavy atom. The first kappa shape index (κ1) is 66.5. The quantitative estimate of drug-likeness (QED) is 0.0388. The van der Waals surface area contributed by atoms with Crippen LogP contribution in [0.1, 0.15) is 48.2 Å². The second kappa shape index (κ2) is 37.0. The summed E-state index contributed by atoms with van der Waals surface area (Å²) < 4.78 is 31.3. The van der Waals surface area contributed by atoms with Gasteiger partial charge in [-0.05, 0) is 45.5 Å². The third-order valence-corrected chi connectivity index (χ3v) is 14.0. The zero-order valence-electron chi connectivity index (χ0n) is 46.2. The van der Waals surface area contributed by atoms with Gasteiger partial charge < -0.3 is 53.5 Å². The molecule has 444 valence electrons. The SMILES string of the molecule is C.C.O=C(OCCOCCOCCO)N1CCN(C(c2ccccc2)(c2ccccc2)c2ccccc2)CC1.O=C(Oc1ccccc1)N1CCN(C(c2ccccc2)(c2ccccc2)c2ccccc2)CC1.OCCOCCOCCO. The Bertz CT molecular complexity index is 2570. The molecule has 0 bridgehead atoms. The van der Waals surface area contributed by atoms with Gasteiger partial charge in [0.15, 0.2) is 0 Å². The molecule has 7 aromatic carbocycles. The zero-order chi connectivity index (χ0) is 56.6. The Morgan fingerprint density at radius 1 is 0.325 bits per heavy atom. The zero-order valence-corrected chi connectivity index (χ0v) is 46.2. The topological polar surface area (TPSA) is 163 Å². The summed E-state index contributed by atoms with van der Waals surface area (Å²) in [6.45, 7) is 8.52. The van der Waals surface area contributed by atoms with Gasteiger partial charge in [0.05, 0.1) is 83.8 Å². The predicted molar refractivity (Wildman–Crippen MR) is 327 cm³/mol. The number of nitrogens with zero attached hydrogens (tertiary/aromatic N) is 4. The molecule has 2 amide bonds. The van der Waals surface area contributed by atoms with Crippen molar-refractivity contribution < 1.29 is 53.3 Å². The monoisotopic (exact) mass is 1130 g/mol. The number of para-hydroxylation sites is 1. The van der Waals surface area contributed by atoms with Gasteiger partial charge in [0, 0.05) is 52.4 Å². The van der Waals surface area contributed by atoms with Crippen molar-refractivity contribution in [3.8, 4) is 5.75 Å². The van der Waals surface area contributed by atoms with E-state index in [1.54, 1.807) is 21.9 Å². The fourth-order valence-corrected chi connectivity index (χ4v) is 10.4. The van der Waals surface area contributed by atoms with Crippen LogP contribution < -0.4 is 4.74 Å². The number of aliphatic hydroxyl groups is 3. The first-order chi connectivity index (χ1) is 40.0. The van der Waals surface area contributed by atoms with Crippen molar-refractivity contribution in [2.75, 3.05) is 132 Å². The van der Waals surface area contributed by atoms with E-state index >= 15 is 0 Å². The molecular weight excluding hydrogens is 1050 g/mol. The van der Waals surface area contributed by atoms with Crippen molar-refractivity contribution in [3.05, 3.63) is 246 Å². The average molecular weight is 1140 g/mol. The summed E-state index contributed by atoms with van der Waals surface area (Å²) in [4.78, 5) is 34.1. The van der Waals surface area contributed by atoms with Crippen molar-refractivity contribution >= 4 is 12.2 Å². The summed E-state index contributed by atoms with van der Waals surface area (Å²) >= 11 is 0. The van der Waals surface area contributed by atoms with Crippen LogP contribution in [-0.4, -0.2) is 179 Å². The van der Waals surface area contributed by atoms with Crippen molar-refractivity contribution in [1.82, 2.24) is 19.6 Å². The fraction of sp³-hybridized carbons (Fsp3) is 0.353. The average Bonchev–Trinajstić information content (AvgIpc) is 2.13. The summed E-state index contributed by atoms with van der Waals surface area (Å²) in [5.41, 5.74) is 6.30. The highest BCUT2D eigenvalue weighted by Crippen LogP contribution is 2.44. The molecule has 0 saturated carbocycles. The minimum absolute atomic E-state index is 0. The van der Waals surface area contributed by atoms with Gasteiger partial charge in [-0.15, -0.1) is 0 Å². The number of amides is 2. The minimum Gasteiger partial charge on any atom is -0.447 e. The standard InChI is InChI=1S/C30H36N2O5.C30H28N2O2.C6H14O4.2CH4/c33-20-21-35-22-23-36-24-25-37-29(34)31-16-18-32(19-17-31)30(26-10-4-1-5-11-26,27-12-6-2-7-13-27)28-14-8-3-9-15-28;33-29(34-28-19-11-4-12-20-28)31-21-23-32(24-22-31)30(25-13-5-1-6-14-25,26-15-7-2-8-16-26)27-17-9-3-10-18-27;7-1-3-9-5-6-10-4-2-8;;/h1-15,33H,16-25H2;1-20H,21-24H2;7-8H,1-6H2;2*1H4.